The van der Waals surface area contributed by atoms with Gasteiger partial charge in [0.1, 0.15) is 5.82 Å². The maximum absolute atomic E-state index is 10.8. The monoisotopic (exact) mass is 406 g/mol. The van der Waals surface area contributed by atoms with Crippen molar-refractivity contribution in [2.24, 2.45) is 5.92 Å². The van der Waals surface area contributed by atoms with Crippen LogP contribution in [0.1, 0.15) is 50.3 Å². The molecule has 0 aliphatic carbocycles. The number of unbranched alkanes of at least 4 members (excludes halogenated alkanes) is 2. The minimum Gasteiger partial charge on any atom is -0.481 e. The Morgan fingerprint density at radius 1 is 1.31 bits per heavy atom. The van der Waals surface area contributed by atoms with Crippen LogP contribution >= 0.6 is 0 Å². The second kappa shape index (κ2) is 18.8. The summed E-state index contributed by atoms with van der Waals surface area (Å²) in [4.78, 5) is 14.5. The van der Waals surface area contributed by atoms with Crippen LogP contribution in [0.2, 0.25) is 0 Å². The van der Waals surface area contributed by atoms with Crippen molar-refractivity contribution in [3.63, 3.8) is 0 Å². The summed E-state index contributed by atoms with van der Waals surface area (Å²) in [6, 6.07) is 4.41. The number of ether oxygens (including phenoxy) is 1. The van der Waals surface area contributed by atoms with Crippen LogP contribution in [-0.4, -0.2) is 35.8 Å². The van der Waals surface area contributed by atoms with E-state index in [9.17, 15) is 13.6 Å². The van der Waals surface area contributed by atoms with Crippen LogP contribution in [0.25, 0.3) is 0 Å². The van der Waals surface area contributed by atoms with Crippen molar-refractivity contribution in [2.45, 2.75) is 58.5 Å². The first kappa shape index (κ1) is 30.0. The summed E-state index contributed by atoms with van der Waals surface area (Å²) in [6.07, 6.45) is 7.40. The molecule has 0 spiro atoms. The van der Waals surface area contributed by atoms with Gasteiger partial charge in [-0.2, -0.15) is 21.6 Å². The van der Waals surface area contributed by atoms with Crippen molar-refractivity contribution >= 4 is 11.8 Å². The van der Waals surface area contributed by atoms with E-state index in [1.54, 1.807) is 6.92 Å². The summed E-state index contributed by atoms with van der Waals surface area (Å²) in [7, 11) is 0. The quantitative estimate of drug-likeness (QED) is 0.393. The second-order valence-corrected chi connectivity index (χ2v) is 6.31. The number of carboxylic acid groups (broad SMARTS) is 1. The molecule has 0 unspecified atom stereocenters. The molecule has 5 nitrogen and oxygen atoms in total. The number of aryl methyl sites for hydroxylation is 2. The summed E-state index contributed by atoms with van der Waals surface area (Å²) < 4.78 is 25.1. The summed E-state index contributed by atoms with van der Waals surface area (Å²) in [6.45, 7) is 10.2. The van der Waals surface area contributed by atoms with Gasteiger partial charge >= 0.3 is 31.4 Å². The number of hydrogen-bond donors (Lipinski definition) is 2. The molecule has 0 saturated carbocycles. The van der Waals surface area contributed by atoms with E-state index in [1.165, 1.54) is 36.9 Å². The Morgan fingerprint density at radius 2 is 2.00 bits per heavy atom. The van der Waals surface area contributed by atoms with Crippen LogP contribution in [0.4, 0.5) is 14.6 Å². The van der Waals surface area contributed by atoms with Crippen LogP contribution in [-0.2, 0) is 22.4 Å². The molecule has 1 aliphatic rings. The molecule has 1 aromatic heterocycles. The first-order chi connectivity index (χ1) is 13.3. The van der Waals surface area contributed by atoms with Gasteiger partial charge in [-0.25, -0.2) is 4.98 Å². The molecule has 2 N–H and O–H groups in total. The van der Waals surface area contributed by atoms with E-state index >= 15 is 0 Å². The van der Waals surface area contributed by atoms with E-state index < -0.39 is 12.6 Å². The third-order valence-electron chi connectivity index (χ3n) is 3.98. The Hall–Kier alpha value is -1.16. The third-order valence-corrected chi connectivity index (χ3v) is 3.98. The van der Waals surface area contributed by atoms with Gasteiger partial charge in [0.05, 0.1) is 0 Å². The zero-order valence-electron chi connectivity index (χ0n) is 17.8. The third kappa shape index (κ3) is 15.4. The molecule has 1 aromatic rings. The molecule has 0 radical (unpaired) electrons. The summed E-state index contributed by atoms with van der Waals surface area (Å²) >= 11 is 0. The van der Waals surface area contributed by atoms with E-state index in [-0.39, 0.29) is 31.4 Å². The number of anilines is 1. The molecular formula is C21H33F2LiN2O3-2. The molecule has 0 aromatic carbocycles. The second-order valence-electron chi connectivity index (χ2n) is 6.31. The fourth-order valence-electron chi connectivity index (χ4n) is 2.20. The zero-order chi connectivity index (χ0) is 21.4. The number of nitrogens with one attached hydrogen (secondary N) is 1. The van der Waals surface area contributed by atoms with Crippen molar-refractivity contribution in [1.29, 1.82) is 0 Å². The number of aliphatic carboxylic acids is 1. The van der Waals surface area contributed by atoms with Gasteiger partial charge in [-0.15, -0.1) is 0 Å². The molecule has 0 bridgehead atoms. The molecule has 0 fully saturated rings. The van der Waals surface area contributed by atoms with Gasteiger partial charge in [-0.3, -0.25) is 4.79 Å². The first-order valence-corrected chi connectivity index (χ1v) is 9.58. The Kier molecular flexibility index (Phi) is 19.5. The van der Waals surface area contributed by atoms with Crippen molar-refractivity contribution in [1.82, 2.24) is 4.98 Å². The summed E-state index contributed by atoms with van der Waals surface area (Å²) in [5.41, 5.74) is 2.60. The van der Waals surface area contributed by atoms with Gasteiger partial charge < -0.3 is 35.9 Å². The summed E-state index contributed by atoms with van der Waals surface area (Å²) in [5.74, 6) is 0.0587. The van der Waals surface area contributed by atoms with E-state index in [0.717, 1.165) is 25.2 Å². The maximum Gasteiger partial charge on any atom is 1.00 e. The molecular weight excluding hydrogens is 373 g/mol. The minimum absolute atomic E-state index is 0. The van der Waals surface area contributed by atoms with E-state index in [1.807, 2.05) is 0 Å². The number of carbonyl (C=O) groups is 1. The standard InChI is InChI=1S/C13H19N2.C5H9O2.C3H5F2O.Li/c1-2-3-4-7-12-9-8-11-6-5-10-14-13(11)15-12;1-3-4(2)5(6)7;1-2-6-3(4)5;/h8-9H,1-7,10H2,(H,14,15);4H,1,3H2,2H3,(H,6,7);3H,1-2H2;/q3*-1;+1/t;4-;;/m.0../s1. The molecule has 0 amide bonds. The molecule has 0 saturated heterocycles. The Bertz CT molecular complexity index is 549. The number of rotatable bonds is 8. The van der Waals surface area contributed by atoms with Gasteiger partial charge in [0, 0.05) is 18.2 Å². The van der Waals surface area contributed by atoms with Gasteiger partial charge in [0.25, 0.3) is 0 Å². The molecule has 29 heavy (non-hydrogen) atoms. The fourth-order valence-corrected chi connectivity index (χ4v) is 2.20. The van der Waals surface area contributed by atoms with Gasteiger partial charge in [-0.05, 0) is 30.9 Å². The average Bonchev–Trinajstić information content (AvgIpc) is 2.68. The molecule has 1 atom stereocenters. The smallest absolute Gasteiger partial charge is 0.481 e. The van der Waals surface area contributed by atoms with Crippen molar-refractivity contribution in [2.75, 3.05) is 18.5 Å². The van der Waals surface area contributed by atoms with Crippen molar-refractivity contribution in [3.05, 3.63) is 44.2 Å². The normalized spacial score (nSPS) is 12.8. The first-order valence-electron chi connectivity index (χ1n) is 9.58. The maximum atomic E-state index is 10.8. The van der Waals surface area contributed by atoms with E-state index in [2.05, 4.69) is 47.9 Å². The molecule has 2 heterocycles. The number of nitrogens with zero attached hydrogens (tertiary/aromatic N) is 1. The zero-order valence-corrected chi connectivity index (χ0v) is 17.8. The van der Waals surface area contributed by atoms with Crippen molar-refractivity contribution < 1.29 is 42.3 Å². The number of aromatic nitrogens is 1. The van der Waals surface area contributed by atoms with Gasteiger partial charge in [-0.1, -0.05) is 32.4 Å². The summed E-state index contributed by atoms with van der Waals surface area (Å²) in [5, 5.41) is 11.5. The van der Waals surface area contributed by atoms with Crippen molar-refractivity contribution in [3.8, 4) is 0 Å². The molecule has 162 valence electrons. The van der Waals surface area contributed by atoms with E-state index in [0.29, 0.717) is 6.42 Å². The predicted octanol–water partition coefficient (Wildman–Crippen LogP) is 1.98. The number of halogens is 2. The van der Waals surface area contributed by atoms with Crippen LogP contribution in [0, 0.1) is 26.7 Å². The largest absolute Gasteiger partial charge is 1.00 e. The Labute approximate surface area is 186 Å². The topological polar surface area (TPSA) is 71.5 Å². The Balaban J connectivity index is 0. The predicted molar refractivity (Wildman–Crippen MR) is 108 cm³/mol. The SMILES string of the molecule is [CH2-]CCCCc1ccc2c(n1)NCCC2.[CH2-]COC(F)F.[CH2-]C[C@H](C)C(=O)O.[Li+]. The average molecular weight is 406 g/mol. The number of hydrogen-bond acceptors (Lipinski definition) is 4. The number of carboxylic acids is 1. The van der Waals surface area contributed by atoms with Gasteiger partial charge in [0.15, 0.2) is 0 Å². The number of pyridine rings is 1. The van der Waals surface area contributed by atoms with Gasteiger partial charge in [0.2, 0.25) is 0 Å². The molecule has 1 aliphatic heterocycles. The number of fused-ring (bicyclic) bond motifs is 1. The minimum atomic E-state index is -2.66. The fraction of sp³-hybridized carbons (Fsp3) is 0.571. The number of alkyl halides is 2. The van der Waals surface area contributed by atoms with Crippen LogP contribution in [0.3, 0.4) is 0 Å². The van der Waals surface area contributed by atoms with E-state index in [4.69, 9.17) is 5.11 Å². The molecule has 2 rings (SSSR count). The Morgan fingerprint density at radius 3 is 2.45 bits per heavy atom. The van der Waals surface area contributed by atoms with Crippen LogP contribution in [0.15, 0.2) is 12.1 Å². The molecule has 8 heteroatoms. The van der Waals surface area contributed by atoms with Crippen LogP contribution < -0.4 is 24.2 Å². The van der Waals surface area contributed by atoms with Crippen LogP contribution in [0.5, 0.6) is 0 Å².